The molecule has 1 unspecified atom stereocenters. The molecule has 0 aromatic rings. The van der Waals surface area contributed by atoms with Crippen molar-refractivity contribution in [2.75, 3.05) is 52.4 Å². The fourth-order valence-electron chi connectivity index (χ4n) is 3.41. The van der Waals surface area contributed by atoms with Gasteiger partial charge in [-0.3, -0.25) is 9.89 Å². The Morgan fingerprint density at radius 1 is 1.25 bits per heavy atom. The lowest BCUT2D eigenvalue weighted by Crippen LogP contribution is -2.47. The summed E-state index contributed by atoms with van der Waals surface area (Å²) >= 11 is 0. The largest absolute Gasteiger partial charge is 0.374 e. The Balaban J connectivity index is 0.00000288. The van der Waals surface area contributed by atoms with Gasteiger partial charge < -0.3 is 15.0 Å². The molecule has 0 amide bonds. The fraction of sp³-hybridized carbons (Fsp3) is 0.944. The average molecular weight is 452 g/mol. The zero-order valence-electron chi connectivity index (χ0n) is 16.0. The van der Waals surface area contributed by atoms with Crippen LogP contribution in [0.15, 0.2) is 4.99 Å². The van der Waals surface area contributed by atoms with E-state index in [0.29, 0.717) is 5.92 Å². The molecule has 142 valence electrons. The second kappa shape index (κ2) is 11.5. The van der Waals surface area contributed by atoms with Crippen LogP contribution in [0.25, 0.3) is 0 Å². The van der Waals surface area contributed by atoms with Crippen LogP contribution in [-0.2, 0) is 4.74 Å². The van der Waals surface area contributed by atoms with Crippen molar-refractivity contribution < 1.29 is 4.74 Å². The van der Waals surface area contributed by atoms with E-state index in [0.717, 1.165) is 64.3 Å². The Hall–Kier alpha value is -0.0800. The lowest BCUT2D eigenvalue weighted by atomic mass is 10.00. The summed E-state index contributed by atoms with van der Waals surface area (Å²) in [4.78, 5) is 9.81. The molecule has 24 heavy (non-hydrogen) atoms. The number of halogens is 1. The third-order valence-electron chi connectivity index (χ3n) is 4.71. The maximum absolute atomic E-state index is 5.93. The first-order valence-corrected chi connectivity index (χ1v) is 9.45. The number of rotatable bonds is 5. The van der Waals surface area contributed by atoms with E-state index in [2.05, 4.69) is 42.8 Å². The van der Waals surface area contributed by atoms with Gasteiger partial charge in [-0.2, -0.15) is 0 Å². The monoisotopic (exact) mass is 452 g/mol. The Morgan fingerprint density at radius 3 is 2.58 bits per heavy atom. The number of nitrogens with zero attached hydrogens (tertiary/aromatic N) is 3. The van der Waals surface area contributed by atoms with Gasteiger partial charge in [-0.1, -0.05) is 20.8 Å². The average Bonchev–Trinajstić information content (AvgIpc) is 2.52. The van der Waals surface area contributed by atoms with E-state index in [1.807, 2.05) is 0 Å². The molecule has 6 heteroatoms. The number of aliphatic imine (C=N–C) groups is 1. The molecular formula is C18H37IN4O. The van der Waals surface area contributed by atoms with Crippen LogP contribution in [0.5, 0.6) is 0 Å². The van der Waals surface area contributed by atoms with Crippen LogP contribution in [0.3, 0.4) is 0 Å². The number of ether oxygens (including phenoxy) is 1. The van der Waals surface area contributed by atoms with Gasteiger partial charge in [0.1, 0.15) is 0 Å². The maximum Gasteiger partial charge on any atom is 0.194 e. The summed E-state index contributed by atoms with van der Waals surface area (Å²) in [7, 11) is 0. The number of guanidine groups is 1. The zero-order valence-corrected chi connectivity index (χ0v) is 18.3. The summed E-state index contributed by atoms with van der Waals surface area (Å²) in [6, 6.07) is 0. The first kappa shape index (κ1) is 22.0. The van der Waals surface area contributed by atoms with Gasteiger partial charge in [-0.25, -0.2) is 0 Å². The van der Waals surface area contributed by atoms with Crippen molar-refractivity contribution in [3.05, 3.63) is 0 Å². The molecule has 2 rings (SSSR count). The highest BCUT2D eigenvalue weighted by Crippen LogP contribution is 2.16. The summed E-state index contributed by atoms with van der Waals surface area (Å²) < 4.78 is 5.93. The minimum atomic E-state index is 0. The van der Waals surface area contributed by atoms with Gasteiger partial charge >= 0.3 is 0 Å². The van der Waals surface area contributed by atoms with E-state index in [1.165, 1.54) is 12.8 Å². The smallest absolute Gasteiger partial charge is 0.194 e. The van der Waals surface area contributed by atoms with Crippen molar-refractivity contribution >= 4 is 29.9 Å². The summed E-state index contributed by atoms with van der Waals surface area (Å²) in [5, 5.41) is 3.46. The van der Waals surface area contributed by atoms with E-state index in [-0.39, 0.29) is 30.1 Å². The van der Waals surface area contributed by atoms with Crippen molar-refractivity contribution in [3.8, 4) is 0 Å². The van der Waals surface area contributed by atoms with E-state index < -0.39 is 0 Å². The van der Waals surface area contributed by atoms with Gasteiger partial charge in [-0.15, -0.1) is 24.0 Å². The van der Waals surface area contributed by atoms with E-state index in [4.69, 9.17) is 9.73 Å². The van der Waals surface area contributed by atoms with Crippen LogP contribution in [-0.4, -0.2) is 74.3 Å². The summed E-state index contributed by atoms with van der Waals surface area (Å²) in [6.07, 6.45) is 2.78. The first-order chi connectivity index (χ1) is 11.1. The van der Waals surface area contributed by atoms with Gasteiger partial charge in [-0.05, 0) is 31.6 Å². The van der Waals surface area contributed by atoms with Crippen LogP contribution in [0.1, 0.15) is 40.5 Å². The number of piperidine rings is 1. The molecule has 0 saturated carbocycles. The van der Waals surface area contributed by atoms with Crippen LogP contribution in [0.4, 0.5) is 0 Å². The lowest BCUT2D eigenvalue weighted by molar-refractivity contribution is -0.0262. The maximum atomic E-state index is 5.93. The van der Waals surface area contributed by atoms with Gasteiger partial charge in [0.25, 0.3) is 0 Å². The molecule has 2 saturated heterocycles. The predicted octanol–water partition coefficient (Wildman–Crippen LogP) is 2.66. The quantitative estimate of drug-likeness (QED) is 0.396. The molecule has 2 aliphatic heterocycles. The topological polar surface area (TPSA) is 40.1 Å². The number of hydrogen-bond donors (Lipinski definition) is 1. The van der Waals surface area contributed by atoms with Gasteiger partial charge in [0, 0.05) is 39.3 Å². The second-order valence-corrected chi connectivity index (χ2v) is 7.51. The first-order valence-electron chi connectivity index (χ1n) is 9.45. The van der Waals surface area contributed by atoms with E-state index in [1.54, 1.807) is 0 Å². The van der Waals surface area contributed by atoms with Crippen molar-refractivity contribution in [3.63, 3.8) is 0 Å². The van der Waals surface area contributed by atoms with Gasteiger partial charge in [0.15, 0.2) is 5.96 Å². The summed E-state index contributed by atoms with van der Waals surface area (Å²) in [5.41, 5.74) is 0. The Labute approximate surface area is 165 Å². The highest BCUT2D eigenvalue weighted by molar-refractivity contribution is 14.0. The molecule has 0 radical (unpaired) electrons. The highest BCUT2D eigenvalue weighted by atomic mass is 127. The lowest BCUT2D eigenvalue weighted by Gasteiger charge is -2.35. The van der Waals surface area contributed by atoms with Crippen LogP contribution < -0.4 is 5.32 Å². The Bertz CT molecular complexity index is 370. The molecule has 1 N–H and O–H groups in total. The number of morpholine rings is 1. The zero-order chi connectivity index (χ0) is 16.7. The van der Waals surface area contributed by atoms with Crippen LogP contribution in [0, 0.1) is 11.8 Å². The SMILES string of the molecule is CCNC(=NCC1CN(CC(C)C)CCO1)N1CCC(C)CC1.I. The van der Waals surface area contributed by atoms with Gasteiger partial charge in [0.2, 0.25) is 0 Å². The normalized spacial score (nSPS) is 24.1. The summed E-state index contributed by atoms with van der Waals surface area (Å²) in [6.45, 7) is 17.1. The van der Waals surface area contributed by atoms with E-state index in [9.17, 15) is 0 Å². The molecule has 2 fully saturated rings. The molecule has 0 spiro atoms. The minimum Gasteiger partial charge on any atom is -0.374 e. The standard InChI is InChI=1S/C18H36N4O.HI/c1-5-19-18(22-8-6-16(4)7-9-22)20-12-17-14-21(10-11-23-17)13-15(2)3;/h15-17H,5-14H2,1-4H3,(H,19,20);1H. The molecule has 5 nitrogen and oxygen atoms in total. The highest BCUT2D eigenvalue weighted by Gasteiger charge is 2.22. The molecule has 1 atom stereocenters. The van der Waals surface area contributed by atoms with Crippen molar-refractivity contribution in [1.82, 2.24) is 15.1 Å². The Kier molecular flexibility index (Phi) is 10.5. The fourth-order valence-corrected chi connectivity index (χ4v) is 3.41. The molecule has 0 aliphatic carbocycles. The van der Waals surface area contributed by atoms with E-state index >= 15 is 0 Å². The molecule has 2 aliphatic rings. The minimum absolute atomic E-state index is 0. The molecule has 2 heterocycles. The number of nitrogens with one attached hydrogen (secondary N) is 1. The second-order valence-electron chi connectivity index (χ2n) is 7.51. The summed E-state index contributed by atoms with van der Waals surface area (Å²) in [5.74, 6) is 2.63. The molecule has 0 bridgehead atoms. The van der Waals surface area contributed by atoms with Crippen LogP contribution >= 0.6 is 24.0 Å². The number of likely N-dealkylation sites (tertiary alicyclic amines) is 1. The third-order valence-corrected chi connectivity index (χ3v) is 4.71. The molecular weight excluding hydrogens is 415 g/mol. The third kappa shape index (κ3) is 7.44. The van der Waals surface area contributed by atoms with Crippen molar-refractivity contribution in [2.45, 2.75) is 46.6 Å². The molecule has 0 aromatic heterocycles. The molecule has 0 aromatic carbocycles. The van der Waals surface area contributed by atoms with Crippen molar-refractivity contribution in [1.29, 1.82) is 0 Å². The number of hydrogen-bond acceptors (Lipinski definition) is 3. The predicted molar refractivity (Wildman–Crippen MR) is 112 cm³/mol. The van der Waals surface area contributed by atoms with Crippen molar-refractivity contribution in [2.24, 2.45) is 16.8 Å². The van der Waals surface area contributed by atoms with Crippen LogP contribution in [0.2, 0.25) is 0 Å². The van der Waals surface area contributed by atoms with Gasteiger partial charge in [0.05, 0.1) is 19.3 Å². The Morgan fingerprint density at radius 2 is 1.96 bits per heavy atom.